The predicted octanol–water partition coefficient (Wildman–Crippen LogP) is 1.13. The maximum Gasteiger partial charge on any atom is 0.245 e. The van der Waals surface area contributed by atoms with Gasteiger partial charge in [0.05, 0.1) is 24.5 Å². The number of hydrogen-bond acceptors (Lipinski definition) is 7. The molecule has 20 heavy (non-hydrogen) atoms. The molecule has 1 aromatic rings. The number of ether oxygens (including phenoxy) is 1. The largest absolute Gasteiger partial charge is 0.377 e. The molecule has 2 heterocycles. The molecule has 0 aromatic carbocycles. The van der Waals surface area contributed by atoms with Gasteiger partial charge in [0, 0.05) is 0 Å². The number of rotatable bonds is 5. The minimum Gasteiger partial charge on any atom is -0.377 e. The maximum absolute atomic E-state index is 12.0. The second-order valence-electron chi connectivity index (χ2n) is 5.33. The van der Waals surface area contributed by atoms with Crippen molar-refractivity contribution < 1.29 is 17.7 Å². The van der Waals surface area contributed by atoms with Crippen LogP contribution in [0.4, 0.5) is 0 Å². The SMILES string of the molecule is CC(C)OCC(N)c1noc(C2CCCCS2(=O)=O)n1. The number of nitrogens with two attached hydrogens (primary N) is 1. The second kappa shape index (κ2) is 6.19. The van der Waals surface area contributed by atoms with E-state index in [0.29, 0.717) is 18.7 Å². The molecule has 2 atom stereocenters. The van der Waals surface area contributed by atoms with E-state index in [-0.39, 0.29) is 24.4 Å². The number of aromatic nitrogens is 2. The summed E-state index contributed by atoms with van der Waals surface area (Å²) in [6.07, 6.45) is 2.14. The Bertz CT molecular complexity index is 541. The first-order valence-corrected chi connectivity index (χ1v) is 8.54. The average Bonchev–Trinajstić information content (AvgIpc) is 2.84. The predicted molar refractivity (Wildman–Crippen MR) is 72.7 cm³/mol. The first-order chi connectivity index (χ1) is 9.40. The summed E-state index contributed by atoms with van der Waals surface area (Å²) in [5.41, 5.74) is 5.89. The van der Waals surface area contributed by atoms with Crippen molar-refractivity contribution >= 4 is 9.84 Å². The molecular formula is C12H21N3O4S. The molecule has 2 rings (SSSR count). The maximum atomic E-state index is 12.0. The number of sulfone groups is 1. The van der Waals surface area contributed by atoms with E-state index in [0.717, 1.165) is 6.42 Å². The average molecular weight is 303 g/mol. The zero-order chi connectivity index (χ0) is 14.8. The molecule has 1 aliphatic rings. The van der Waals surface area contributed by atoms with Crippen molar-refractivity contribution in [3.05, 3.63) is 11.7 Å². The van der Waals surface area contributed by atoms with Crippen molar-refractivity contribution in [2.45, 2.75) is 50.5 Å². The quantitative estimate of drug-likeness (QED) is 0.868. The van der Waals surface area contributed by atoms with Crippen LogP contribution in [0.3, 0.4) is 0 Å². The van der Waals surface area contributed by atoms with Gasteiger partial charge >= 0.3 is 0 Å². The van der Waals surface area contributed by atoms with E-state index >= 15 is 0 Å². The van der Waals surface area contributed by atoms with E-state index < -0.39 is 21.1 Å². The lowest BCUT2D eigenvalue weighted by molar-refractivity contribution is 0.0665. The zero-order valence-corrected chi connectivity index (χ0v) is 12.6. The van der Waals surface area contributed by atoms with Crippen molar-refractivity contribution in [2.24, 2.45) is 5.73 Å². The molecule has 7 nitrogen and oxygen atoms in total. The molecule has 1 aromatic heterocycles. The van der Waals surface area contributed by atoms with Crippen LogP contribution in [0.5, 0.6) is 0 Å². The Kier molecular flexibility index (Phi) is 4.77. The first kappa shape index (κ1) is 15.4. The number of nitrogens with zero attached hydrogens (tertiary/aromatic N) is 2. The smallest absolute Gasteiger partial charge is 0.245 e. The van der Waals surface area contributed by atoms with Gasteiger partial charge in [-0.05, 0) is 26.7 Å². The third-order valence-electron chi connectivity index (χ3n) is 3.25. The van der Waals surface area contributed by atoms with Gasteiger partial charge in [-0.25, -0.2) is 8.42 Å². The van der Waals surface area contributed by atoms with Gasteiger partial charge in [0.15, 0.2) is 15.7 Å². The molecule has 114 valence electrons. The highest BCUT2D eigenvalue weighted by atomic mass is 32.2. The third-order valence-corrected chi connectivity index (χ3v) is 5.41. The molecular weight excluding hydrogens is 282 g/mol. The molecule has 0 bridgehead atoms. The van der Waals surface area contributed by atoms with Crippen LogP contribution in [0.15, 0.2) is 4.52 Å². The molecule has 1 saturated heterocycles. The van der Waals surface area contributed by atoms with Crippen LogP contribution >= 0.6 is 0 Å². The van der Waals surface area contributed by atoms with Crippen molar-refractivity contribution in [3.8, 4) is 0 Å². The highest BCUT2D eigenvalue weighted by Crippen LogP contribution is 2.32. The van der Waals surface area contributed by atoms with Gasteiger partial charge in [-0.15, -0.1) is 0 Å². The summed E-state index contributed by atoms with van der Waals surface area (Å²) < 4.78 is 34.5. The van der Waals surface area contributed by atoms with Gasteiger partial charge in [0.25, 0.3) is 0 Å². The van der Waals surface area contributed by atoms with Gasteiger partial charge in [0.1, 0.15) is 5.25 Å². The van der Waals surface area contributed by atoms with Gasteiger partial charge in [-0.3, -0.25) is 0 Å². The van der Waals surface area contributed by atoms with Crippen molar-refractivity contribution in [3.63, 3.8) is 0 Å². The summed E-state index contributed by atoms with van der Waals surface area (Å²) in [5.74, 6) is 0.624. The Morgan fingerprint density at radius 3 is 2.85 bits per heavy atom. The molecule has 2 unspecified atom stereocenters. The van der Waals surface area contributed by atoms with Crippen LogP contribution in [-0.2, 0) is 14.6 Å². The Labute approximate surface area is 118 Å². The van der Waals surface area contributed by atoms with Crippen LogP contribution in [0.1, 0.15) is 56.1 Å². The molecule has 0 radical (unpaired) electrons. The minimum absolute atomic E-state index is 0.0612. The van der Waals surface area contributed by atoms with Crippen LogP contribution in [0, 0.1) is 0 Å². The van der Waals surface area contributed by atoms with Gasteiger partial charge < -0.3 is 15.0 Å². The van der Waals surface area contributed by atoms with E-state index in [1.807, 2.05) is 13.8 Å². The van der Waals surface area contributed by atoms with Gasteiger partial charge in [0.2, 0.25) is 5.89 Å². The summed E-state index contributed by atoms with van der Waals surface area (Å²) in [4.78, 5) is 4.15. The minimum atomic E-state index is -3.18. The Balaban J connectivity index is 2.08. The molecule has 0 aliphatic carbocycles. The Morgan fingerprint density at radius 2 is 2.20 bits per heavy atom. The first-order valence-electron chi connectivity index (χ1n) is 6.82. The summed E-state index contributed by atoms with van der Waals surface area (Å²) in [5, 5.41) is 3.09. The normalized spacial score (nSPS) is 23.9. The fourth-order valence-electron chi connectivity index (χ4n) is 2.13. The topological polar surface area (TPSA) is 108 Å². The molecule has 0 saturated carbocycles. The van der Waals surface area contributed by atoms with Gasteiger partial charge in [-0.1, -0.05) is 11.6 Å². The standard InChI is InChI=1S/C12H21N3O4S/c1-8(2)18-7-9(13)11-14-12(19-15-11)10-5-3-4-6-20(10,16)17/h8-10H,3-7,13H2,1-2H3. The fraction of sp³-hybridized carbons (Fsp3) is 0.833. The second-order valence-corrected chi connectivity index (χ2v) is 7.63. The van der Waals surface area contributed by atoms with Crippen LogP contribution in [0.2, 0.25) is 0 Å². The lowest BCUT2D eigenvalue weighted by Gasteiger charge is -2.18. The van der Waals surface area contributed by atoms with E-state index in [9.17, 15) is 8.42 Å². The van der Waals surface area contributed by atoms with Crippen molar-refractivity contribution in [1.29, 1.82) is 0 Å². The van der Waals surface area contributed by atoms with Crippen molar-refractivity contribution in [2.75, 3.05) is 12.4 Å². The summed E-state index contributed by atoms with van der Waals surface area (Å²) in [6.45, 7) is 4.08. The summed E-state index contributed by atoms with van der Waals surface area (Å²) >= 11 is 0. The fourth-order valence-corrected chi connectivity index (χ4v) is 3.95. The van der Waals surface area contributed by atoms with E-state index in [1.54, 1.807) is 0 Å². The van der Waals surface area contributed by atoms with Crippen molar-refractivity contribution in [1.82, 2.24) is 10.1 Å². The Morgan fingerprint density at radius 1 is 1.45 bits per heavy atom. The summed E-state index contributed by atoms with van der Waals surface area (Å²) in [7, 11) is -3.18. The highest BCUT2D eigenvalue weighted by Gasteiger charge is 2.35. The van der Waals surface area contributed by atoms with Crippen LogP contribution in [-0.4, -0.2) is 37.0 Å². The molecule has 1 fully saturated rings. The van der Waals surface area contributed by atoms with Gasteiger partial charge in [-0.2, -0.15) is 4.98 Å². The summed E-state index contributed by atoms with van der Waals surface area (Å²) in [6, 6.07) is -0.513. The lowest BCUT2D eigenvalue weighted by atomic mass is 10.2. The highest BCUT2D eigenvalue weighted by molar-refractivity contribution is 7.91. The van der Waals surface area contributed by atoms with E-state index in [4.69, 9.17) is 15.0 Å². The zero-order valence-electron chi connectivity index (χ0n) is 11.8. The third kappa shape index (κ3) is 3.56. The monoisotopic (exact) mass is 303 g/mol. The number of hydrogen-bond donors (Lipinski definition) is 1. The molecule has 1 aliphatic heterocycles. The lowest BCUT2D eigenvalue weighted by Crippen LogP contribution is -2.23. The molecule has 2 N–H and O–H groups in total. The van der Waals surface area contributed by atoms with Crippen LogP contribution in [0.25, 0.3) is 0 Å². The molecule has 8 heteroatoms. The Hall–Kier alpha value is -0.990. The van der Waals surface area contributed by atoms with E-state index in [2.05, 4.69) is 10.1 Å². The van der Waals surface area contributed by atoms with E-state index in [1.165, 1.54) is 0 Å². The van der Waals surface area contributed by atoms with Crippen LogP contribution < -0.4 is 5.73 Å². The molecule has 0 spiro atoms. The molecule has 0 amide bonds.